The maximum absolute atomic E-state index is 12.0. The number of alkyl halides is 1. The first-order valence-electron chi connectivity index (χ1n) is 10.6. The van der Waals surface area contributed by atoms with Crippen molar-refractivity contribution in [3.63, 3.8) is 0 Å². The Balaban J connectivity index is 1.78. The highest BCUT2D eigenvalue weighted by Crippen LogP contribution is 2.68. The summed E-state index contributed by atoms with van der Waals surface area (Å²) in [5.74, 6) is 1.04. The summed E-state index contributed by atoms with van der Waals surface area (Å²) >= 11 is 6.91. The van der Waals surface area contributed by atoms with Crippen LogP contribution in [0.5, 0.6) is 0 Å². The number of allylic oxidation sites excluding steroid dienone is 4. The Bertz CT molecular complexity index is 829. The van der Waals surface area contributed by atoms with E-state index in [2.05, 4.69) is 26.0 Å². The molecular formula is C23H31ClNO2Si. The zero-order chi connectivity index (χ0) is 20.5. The van der Waals surface area contributed by atoms with Crippen LogP contribution >= 0.6 is 11.6 Å². The molecule has 6 atom stereocenters. The fraction of sp³-hybridized carbons (Fsp3) is 0.739. The smallest absolute Gasteiger partial charge is 0.155 e. The standard InChI is InChI=1S/C23H31ClNO2Si/c1-20-10-7-16(26)13-15(20)5-6-17-18(20)8-11-21(2)19(17)9-12-22(21,27)23(24,14-25)28(3)4/h8,13,17,19,27H,5-7,9-12H2,1-4H3/t17?,19?,20-,21-,22+,23?/m0/s1. The van der Waals surface area contributed by atoms with Crippen LogP contribution in [0.4, 0.5) is 0 Å². The molecule has 0 amide bonds. The number of aliphatic hydroxyl groups is 1. The number of halogens is 1. The molecule has 0 aromatic heterocycles. The normalized spacial score (nSPS) is 44.6. The van der Waals surface area contributed by atoms with Crippen molar-refractivity contribution in [2.45, 2.75) is 82.0 Å². The number of ketones is 1. The zero-order valence-electron chi connectivity index (χ0n) is 17.4. The van der Waals surface area contributed by atoms with Gasteiger partial charge < -0.3 is 5.11 Å². The SMILES string of the molecule is C[Si](C)C(Cl)(C#N)[C@@]1(O)CCC2C3CCC4=CC(=O)CC[C@]4(C)C3=CC[C@@]21C. The van der Waals surface area contributed by atoms with E-state index in [-0.39, 0.29) is 16.6 Å². The third-order valence-corrected chi connectivity index (χ3v) is 12.3. The van der Waals surface area contributed by atoms with Crippen molar-refractivity contribution >= 4 is 26.2 Å². The lowest BCUT2D eigenvalue weighted by molar-refractivity contribution is -0.115. The van der Waals surface area contributed by atoms with Gasteiger partial charge in [0.15, 0.2) is 5.78 Å². The maximum Gasteiger partial charge on any atom is 0.155 e. The summed E-state index contributed by atoms with van der Waals surface area (Å²) < 4.78 is -1.17. The zero-order valence-corrected chi connectivity index (χ0v) is 19.2. The molecule has 0 aromatic rings. The second kappa shape index (κ2) is 6.30. The van der Waals surface area contributed by atoms with Crippen LogP contribution in [0.2, 0.25) is 13.1 Å². The molecule has 4 rings (SSSR count). The van der Waals surface area contributed by atoms with E-state index in [1.165, 1.54) is 11.1 Å². The van der Waals surface area contributed by atoms with Crippen molar-refractivity contribution in [1.82, 2.24) is 0 Å². The van der Waals surface area contributed by atoms with E-state index in [0.717, 1.165) is 32.1 Å². The fourth-order valence-corrected chi connectivity index (χ4v) is 8.83. The van der Waals surface area contributed by atoms with Crippen LogP contribution in [-0.4, -0.2) is 29.8 Å². The number of rotatable bonds is 2. The van der Waals surface area contributed by atoms with Gasteiger partial charge in [-0.15, -0.1) is 11.6 Å². The average molecular weight is 417 g/mol. The van der Waals surface area contributed by atoms with Gasteiger partial charge in [0.25, 0.3) is 0 Å². The fourth-order valence-electron chi connectivity index (χ4n) is 7.05. The molecule has 0 aromatic carbocycles. The van der Waals surface area contributed by atoms with Crippen LogP contribution in [0.15, 0.2) is 23.3 Å². The highest BCUT2D eigenvalue weighted by atomic mass is 35.5. The van der Waals surface area contributed by atoms with Crippen LogP contribution in [0, 0.1) is 34.0 Å². The lowest BCUT2D eigenvalue weighted by Crippen LogP contribution is -2.64. The second-order valence-electron chi connectivity index (χ2n) is 10.2. The Hall–Kier alpha value is -0.893. The summed E-state index contributed by atoms with van der Waals surface area (Å²) in [4.78, 5) is 12.0. The molecule has 0 heterocycles. The van der Waals surface area contributed by atoms with Gasteiger partial charge in [0.1, 0.15) is 4.50 Å². The molecule has 4 aliphatic carbocycles. The predicted molar refractivity (Wildman–Crippen MR) is 113 cm³/mol. The van der Waals surface area contributed by atoms with Gasteiger partial charge in [-0.2, -0.15) is 5.26 Å². The van der Waals surface area contributed by atoms with Crippen molar-refractivity contribution < 1.29 is 9.90 Å². The van der Waals surface area contributed by atoms with E-state index < -0.39 is 18.9 Å². The van der Waals surface area contributed by atoms with Crippen LogP contribution < -0.4 is 0 Å². The molecule has 5 heteroatoms. The monoisotopic (exact) mass is 416 g/mol. The van der Waals surface area contributed by atoms with Gasteiger partial charge >= 0.3 is 0 Å². The van der Waals surface area contributed by atoms with Crippen LogP contribution in [0.3, 0.4) is 0 Å². The van der Waals surface area contributed by atoms with Crippen LogP contribution in [0.1, 0.15) is 58.8 Å². The lowest BCUT2D eigenvalue weighted by atomic mass is 9.50. The number of carbonyl (C=O) groups is 1. The van der Waals surface area contributed by atoms with Gasteiger partial charge in [-0.1, -0.05) is 44.2 Å². The largest absolute Gasteiger partial charge is 0.387 e. The molecule has 0 aliphatic heterocycles. The number of carbonyl (C=O) groups excluding carboxylic acids is 1. The van der Waals surface area contributed by atoms with Crippen molar-refractivity contribution in [2.24, 2.45) is 22.7 Å². The van der Waals surface area contributed by atoms with Crippen molar-refractivity contribution in [3.05, 3.63) is 23.3 Å². The first kappa shape index (κ1) is 20.4. The van der Waals surface area contributed by atoms with Crippen molar-refractivity contribution in [3.8, 4) is 6.07 Å². The molecule has 0 saturated heterocycles. The Kier molecular flexibility index (Phi) is 4.59. The van der Waals surface area contributed by atoms with Crippen LogP contribution in [0.25, 0.3) is 0 Å². The Morgan fingerprint density at radius 2 is 2.00 bits per heavy atom. The summed E-state index contributed by atoms with van der Waals surface area (Å²) in [6, 6.07) is 2.34. The number of fused-ring (bicyclic) bond motifs is 5. The van der Waals surface area contributed by atoms with E-state index in [1.807, 2.05) is 19.2 Å². The Labute approximate surface area is 175 Å². The van der Waals surface area contributed by atoms with Gasteiger partial charge in [-0.05, 0) is 56.4 Å². The molecule has 0 spiro atoms. The number of hydrogen-bond acceptors (Lipinski definition) is 3. The minimum Gasteiger partial charge on any atom is -0.387 e. The predicted octanol–water partition coefficient (Wildman–Crippen LogP) is 4.96. The molecule has 1 N–H and O–H groups in total. The summed E-state index contributed by atoms with van der Waals surface area (Å²) in [7, 11) is -1.23. The molecule has 3 unspecified atom stereocenters. The number of hydrogen-bond donors (Lipinski definition) is 1. The second-order valence-corrected chi connectivity index (χ2v) is 13.8. The molecule has 28 heavy (non-hydrogen) atoms. The molecule has 2 fully saturated rings. The maximum atomic E-state index is 12.0. The Morgan fingerprint density at radius 3 is 2.64 bits per heavy atom. The van der Waals surface area contributed by atoms with E-state index in [0.29, 0.717) is 24.7 Å². The highest BCUT2D eigenvalue weighted by Gasteiger charge is 2.69. The first-order chi connectivity index (χ1) is 13.0. The molecule has 0 bridgehead atoms. The molecule has 3 nitrogen and oxygen atoms in total. The minimum atomic E-state index is -1.23. The van der Waals surface area contributed by atoms with Crippen molar-refractivity contribution in [1.29, 1.82) is 5.26 Å². The first-order valence-corrected chi connectivity index (χ1v) is 13.5. The van der Waals surface area contributed by atoms with Gasteiger partial charge in [-0.25, -0.2) is 0 Å². The average Bonchev–Trinajstić information content (AvgIpc) is 2.94. The van der Waals surface area contributed by atoms with Crippen LogP contribution in [-0.2, 0) is 4.79 Å². The molecule has 4 aliphatic rings. The topological polar surface area (TPSA) is 61.1 Å². The molecular weight excluding hydrogens is 386 g/mol. The quantitative estimate of drug-likeness (QED) is 0.393. The highest BCUT2D eigenvalue weighted by molar-refractivity contribution is 6.72. The summed E-state index contributed by atoms with van der Waals surface area (Å²) in [6.07, 6.45) is 10.1. The van der Waals surface area contributed by atoms with Crippen molar-refractivity contribution in [2.75, 3.05) is 0 Å². The third kappa shape index (κ3) is 2.33. The summed E-state index contributed by atoms with van der Waals surface area (Å²) in [5, 5.41) is 21.9. The molecule has 2 saturated carbocycles. The van der Waals surface area contributed by atoms with Gasteiger partial charge in [0.05, 0.1) is 20.5 Å². The molecule has 151 valence electrons. The van der Waals surface area contributed by atoms with Gasteiger partial charge in [-0.3, -0.25) is 4.79 Å². The van der Waals surface area contributed by atoms with Gasteiger partial charge in [0.2, 0.25) is 0 Å². The summed E-state index contributed by atoms with van der Waals surface area (Å²) in [5.41, 5.74) is 1.26. The van der Waals surface area contributed by atoms with Gasteiger partial charge in [0, 0.05) is 17.3 Å². The van der Waals surface area contributed by atoms with E-state index >= 15 is 0 Å². The van der Waals surface area contributed by atoms with E-state index in [4.69, 9.17) is 11.6 Å². The molecule has 1 radical (unpaired) electrons. The number of nitriles is 1. The van der Waals surface area contributed by atoms with E-state index in [9.17, 15) is 15.2 Å². The minimum absolute atomic E-state index is 0.00336. The summed E-state index contributed by atoms with van der Waals surface area (Å²) in [6.45, 7) is 8.57. The lowest BCUT2D eigenvalue weighted by Gasteiger charge is -2.57. The van der Waals surface area contributed by atoms with E-state index in [1.54, 1.807) is 0 Å². The number of nitrogens with zero attached hydrogens (tertiary/aromatic N) is 1. The third-order valence-electron chi connectivity index (χ3n) is 8.90. The Morgan fingerprint density at radius 1 is 1.29 bits per heavy atom.